The minimum atomic E-state index is -0.696. The van der Waals surface area contributed by atoms with E-state index in [0.717, 1.165) is 47.7 Å². The van der Waals surface area contributed by atoms with Crippen LogP contribution in [0.5, 0.6) is 23.0 Å². The lowest BCUT2D eigenvalue weighted by molar-refractivity contribution is 0.0668. The normalized spacial score (nSPS) is 18.1. The fourth-order valence-corrected chi connectivity index (χ4v) is 4.71. The minimum Gasteiger partial charge on any atom is -0.508 e. The van der Waals surface area contributed by atoms with Crippen LogP contribution in [0, 0.1) is 11.7 Å². The van der Waals surface area contributed by atoms with Gasteiger partial charge in [-0.05, 0) is 66.1 Å². The molecule has 182 valence electrons. The first-order valence-electron chi connectivity index (χ1n) is 11.6. The Morgan fingerprint density at radius 3 is 2.51 bits per heavy atom. The summed E-state index contributed by atoms with van der Waals surface area (Å²) < 4.78 is 38.6. The summed E-state index contributed by atoms with van der Waals surface area (Å²) in [6.45, 7) is 4.50. The summed E-state index contributed by atoms with van der Waals surface area (Å²) >= 11 is 0. The van der Waals surface area contributed by atoms with Gasteiger partial charge in [-0.25, -0.2) is 4.39 Å². The number of ether oxygens (including phenoxy) is 2. The number of rotatable bonds is 7. The van der Waals surface area contributed by atoms with Crippen LogP contribution in [0.3, 0.4) is 0 Å². The molecule has 0 spiro atoms. The molecule has 1 unspecified atom stereocenters. The number of likely N-dealkylation sites (tertiary alicyclic amines) is 1. The highest BCUT2D eigenvalue weighted by atomic mass is 19.1. The molecule has 5 rings (SSSR count). The second-order valence-corrected chi connectivity index (χ2v) is 9.08. The van der Waals surface area contributed by atoms with E-state index in [1.54, 1.807) is 24.3 Å². The zero-order valence-electron chi connectivity index (χ0n) is 19.4. The molecule has 2 N–H and O–H groups in total. The Hall–Kier alpha value is -3.58. The van der Waals surface area contributed by atoms with Gasteiger partial charge < -0.3 is 19.7 Å². The molecular formula is C28H27F2NO4. The maximum absolute atomic E-state index is 13.8. The number of benzene rings is 3. The van der Waals surface area contributed by atoms with Crippen molar-refractivity contribution in [1.82, 2.24) is 4.90 Å². The monoisotopic (exact) mass is 479 g/mol. The fraction of sp³-hybridized carbons (Fsp3) is 0.286. The summed E-state index contributed by atoms with van der Waals surface area (Å²) in [6.07, 6.45) is -0.510. The van der Waals surface area contributed by atoms with E-state index in [0.29, 0.717) is 17.9 Å². The quantitative estimate of drug-likeness (QED) is 0.463. The SMILES string of the molecule is CC1=C(c2ccc(F)c(O)c2)C(c2ccc(OCCN3CC(CF)C3)cc2)Oc2ccc(O)cc21. The molecule has 0 saturated carbocycles. The first-order valence-corrected chi connectivity index (χ1v) is 11.6. The Kier molecular flexibility index (Phi) is 6.34. The van der Waals surface area contributed by atoms with Crippen LogP contribution in [0.1, 0.15) is 29.7 Å². The van der Waals surface area contributed by atoms with Crippen molar-refractivity contribution < 1.29 is 28.5 Å². The van der Waals surface area contributed by atoms with Crippen LogP contribution in [0.25, 0.3) is 11.1 Å². The van der Waals surface area contributed by atoms with Crippen molar-refractivity contribution in [3.8, 4) is 23.0 Å². The number of hydrogen-bond acceptors (Lipinski definition) is 5. The summed E-state index contributed by atoms with van der Waals surface area (Å²) in [5.41, 5.74) is 3.86. The van der Waals surface area contributed by atoms with E-state index in [-0.39, 0.29) is 18.3 Å². The third-order valence-corrected chi connectivity index (χ3v) is 6.65. The van der Waals surface area contributed by atoms with Gasteiger partial charge in [0.25, 0.3) is 0 Å². The van der Waals surface area contributed by atoms with Crippen LogP contribution in [0.2, 0.25) is 0 Å². The second kappa shape index (κ2) is 9.58. The van der Waals surface area contributed by atoms with Crippen molar-refractivity contribution in [2.45, 2.75) is 13.0 Å². The molecule has 5 nitrogen and oxygen atoms in total. The molecule has 3 aromatic carbocycles. The van der Waals surface area contributed by atoms with E-state index in [2.05, 4.69) is 4.90 Å². The number of hydrogen-bond donors (Lipinski definition) is 2. The smallest absolute Gasteiger partial charge is 0.164 e. The Bertz CT molecular complexity index is 1250. The molecule has 7 heteroatoms. The van der Waals surface area contributed by atoms with Crippen molar-refractivity contribution in [1.29, 1.82) is 0 Å². The summed E-state index contributed by atoms with van der Waals surface area (Å²) in [6, 6.07) is 16.7. The summed E-state index contributed by atoms with van der Waals surface area (Å²) in [5.74, 6) is 0.491. The second-order valence-electron chi connectivity index (χ2n) is 9.08. The van der Waals surface area contributed by atoms with Gasteiger partial charge in [0.05, 0.1) is 6.67 Å². The van der Waals surface area contributed by atoms with Crippen molar-refractivity contribution in [3.05, 3.63) is 83.2 Å². The zero-order chi connectivity index (χ0) is 24.5. The molecule has 1 saturated heterocycles. The van der Waals surface area contributed by atoms with Crippen LogP contribution in [-0.4, -0.2) is 48.0 Å². The zero-order valence-corrected chi connectivity index (χ0v) is 19.4. The molecule has 1 atom stereocenters. The van der Waals surface area contributed by atoms with Crippen LogP contribution in [0.15, 0.2) is 60.7 Å². The average Bonchev–Trinajstić information content (AvgIpc) is 2.83. The first kappa shape index (κ1) is 23.2. The van der Waals surface area contributed by atoms with Crippen molar-refractivity contribution >= 4 is 11.1 Å². The lowest BCUT2D eigenvalue weighted by atomic mass is 9.86. The number of phenols is 2. The topological polar surface area (TPSA) is 62.2 Å². The van der Waals surface area contributed by atoms with E-state index in [4.69, 9.17) is 9.47 Å². The molecule has 0 aliphatic carbocycles. The van der Waals surface area contributed by atoms with Gasteiger partial charge in [-0.3, -0.25) is 9.29 Å². The molecule has 0 amide bonds. The summed E-state index contributed by atoms with van der Waals surface area (Å²) in [5, 5.41) is 20.0. The Morgan fingerprint density at radius 1 is 1.03 bits per heavy atom. The van der Waals surface area contributed by atoms with Crippen molar-refractivity contribution in [3.63, 3.8) is 0 Å². The molecule has 2 heterocycles. The van der Waals surface area contributed by atoms with E-state index < -0.39 is 17.7 Å². The van der Waals surface area contributed by atoms with E-state index in [1.165, 1.54) is 12.1 Å². The molecule has 0 bridgehead atoms. The van der Waals surface area contributed by atoms with E-state index >= 15 is 0 Å². The predicted octanol–water partition coefficient (Wildman–Crippen LogP) is 5.58. The largest absolute Gasteiger partial charge is 0.508 e. The maximum atomic E-state index is 13.8. The lowest BCUT2D eigenvalue weighted by Gasteiger charge is -2.37. The van der Waals surface area contributed by atoms with Crippen LogP contribution in [0.4, 0.5) is 8.78 Å². The number of alkyl halides is 1. The highest BCUT2D eigenvalue weighted by Crippen LogP contribution is 2.47. The molecule has 2 aliphatic rings. The highest BCUT2D eigenvalue weighted by Gasteiger charge is 2.30. The maximum Gasteiger partial charge on any atom is 0.164 e. The molecule has 0 radical (unpaired) electrons. The van der Waals surface area contributed by atoms with Gasteiger partial charge in [0, 0.05) is 36.7 Å². The van der Waals surface area contributed by atoms with Gasteiger partial charge in [-0.15, -0.1) is 0 Å². The number of fused-ring (bicyclic) bond motifs is 1. The molecule has 3 aromatic rings. The van der Waals surface area contributed by atoms with Gasteiger partial charge >= 0.3 is 0 Å². The Morgan fingerprint density at radius 2 is 1.80 bits per heavy atom. The number of aromatic hydroxyl groups is 2. The van der Waals surface area contributed by atoms with Crippen LogP contribution in [-0.2, 0) is 0 Å². The number of allylic oxidation sites excluding steroid dienone is 1. The highest BCUT2D eigenvalue weighted by molar-refractivity contribution is 5.95. The van der Waals surface area contributed by atoms with Crippen molar-refractivity contribution in [2.24, 2.45) is 5.92 Å². The van der Waals surface area contributed by atoms with Gasteiger partial charge in [-0.1, -0.05) is 18.2 Å². The average molecular weight is 480 g/mol. The molecule has 1 fully saturated rings. The van der Waals surface area contributed by atoms with Gasteiger partial charge in [0.1, 0.15) is 30.0 Å². The summed E-state index contributed by atoms with van der Waals surface area (Å²) in [7, 11) is 0. The van der Waals surface area contributed by atoms with E-state index in [9.17, 15) is 19.0 Å². The number of phenolic OH excluding ortho intramolecular Hbond substituents is 2. The number of halogens is 2. The van der Waals surface area contributed by atoms with Crippen LogP contribution >= 0.6 is 0 Å². The van der Waals surface area contributed by atoms with Crippen molar-refractivity contribution in [2.75, 3.05) is 32.9 Å². The third-order valence-electron chi connectivity index (χ3n) is 6.65. The van der Waals surface area contributed by atoms with Gasteiger partial charge in [0.15, 0.2) is 11.6 Å². The third kappa shape index (κ3) is 4.68. The van der Waals surface area contributed by atoms with Crippen LogP contribution < -0.4 is 9.47 Å². The molecule has 2 aliphatic heterocycles. The van der Waals surface area contributed by atoms with Gasteiger partial charge in [0.2, 0.25) is 0 Å². The summed E-state index contributed by atoms with van der Waals surface area (Å²) in [4.78, 5) is 2.17. The minimum absolute atomic E-state index is 0.117. The standard InChI is InChI=1S/C28H27F2NO4/c1-17-23-13-21(32)5-9-26(23)35-28(27(17)20-4-8-24(30)25(33)12-20)19-2-6-22(7-3-19)34-11-10-31-15-18(14-29)16-31/h2-9,12-13,18,28,32-33H,10-11,14-16H2,1H3. The predicted molar refractivity (Wildman–Crippen MR) is 130 cm³/mol. The first-order chi connectivity index (χ1) is 16.9. The Balaban J connectivity index is 1.40. The fourth-order valence-electron chi connectivity index (χ4n) is 4.71. The number of nitrogens with zero attached hydrogens (tertiary/aromatic N) is 1. The molecular weight excluding hydrogens is 452 g/mol. The molecule has 35 heavy (non-hydrogen) atoms. The lowest BCUT2D eigenvalue weighted by Crippen LogP contribution is -2.49. The molecule has 0 aromatic heterocycles. The van der Waals surface area contributed by atoms with E-state index in [1.807, 2.05) is 31.2 Å². The van der Waals surface area contributed by atoms with Gasteiger partial charge in [-0.2, -0.15) is 0 Å². The Labute approximate surface area is 202 Å².